The van der Waals surface area contributed by atoms with E-state index in [4.69, 9.17) is 9.98 Å². The van der Waals surface area contributed by atoms with Crippen molar-refractivity contribution in [1.29, 1.82) is 0 Å². The summed E-state index contributed by atoms with van der Waals surface area (Å²) in [5.74, 6) is 1.14. The Labute approximate surface area is 293 Å². The van der Waals surface area contributed by atoms with Crippen molar-refractivity contribution < 1.29 is 0 Å². The molecule has 0 aromatic heterocycles. The van der Waals surface area contributed by atoms with Crippen molar-refractivity contribution in [2.75, 3.05) is 0 Å². The number of hydrogen-bond donors (Lipinski definition) is 0. The van der Waals surface area contributed by atoms with E-state index in [1.54, 1.807) is 0 Å². The van der Waals surface area contributed by atoms with E-state index in [9.17, 15) is 0 Å². The number of fused-ring (bicyclic) bond motifs is 3. The highest BCUT2D eigenvalue weighted by atomic mass is 15.0. The van der Waals surface area contributed by atoms with Gasteiger partial charge >= 0.3 is 0 Å². The molecule has 0 fully saturated rings. The van der Waals surface area contributed by atoms with Gasteiger partial charge in [0.2, 0.25) is 0 Å². The van der Waals surface area contributed by atoms with Gasteiger partial charge in [-0.15, -0.1) is 0 Å². The van der Waals surface area contributed by atoms with Crippen LogP contribution in [-0.2, 0) is 13.0 Å². The minimum Gasteiger partial charge on any atom is -0.261 e. The Bertz CT molecular complexity index is 2390. The van der Waals surface area contributed by atoms with Gasteiger partial charge in [-0.3, -0.25) is 4.99 Å². The summed E-state index contributed by atoms with van der Waals surface area (Å²) in [6.45, 7) is 4.39. The van der Waals surface area contributed by atoms with Gasteiger partial charge in [-0.2, -0.15) is 0 Å². The third kappa shape index (κ3) is 6.37. The van der Waals surface area contributed by atoms with Gasteiger partial charge in [-0.05, 0) is 92.5 Å². The van der Waals surface area contributed by atoms with Crippen LogP contribution in [0.4, 0.5) is 0 Å². The molecule has 0 saturated heterocycles. The van der Waals surface area contributed by atoms with E-state index in [0.717, 1.165) is 45.4 Å². The van der Waals surface area contributed by atoms with Gasteiger partial charge in [-0.25, -0.2) is 9.98 Å². The number of nitrogens with zero attached hydrogens (tertiary/aromatic N) is 3. The third-order valence-corrected chi connectivity index (χ3v) is 9.32. The second-order valence-electron chi connectivity index (χ2n) is 12.5. The zero-order valence-electron chi connectivity index (χ0n) is 27.7. The molecule has 0 saturated carbocycles. The molecule has 0 aliphatic heterocycles. The van der Waals surface area contributed by atoms with E-state index < -0.39 is 0 Å². The summed E-state index contributed by atoms with van der Waals surface area (Å²) < 4.78 is 0. The summed E-state index contributed by atoms with van der Waals surface area (Å²) >= 11 is 0. The van der Waals surface area contributed by atoms with Gasteiger partial charge in [0.05, 0.1) is 6.54 Å². The molecule has 7 aromatic rings. The quantitative estimate of drug-likeness (QED) is 0.123. The van der Waals surface area contributed by atoms with E-state index in [1.807, 2.05) is 36.4 Å². The van der Waals surface area contributed by atoms with E-state index in [0.29, 0.717) is 18.2 Å². The van der Waals surface area contributed by atoms with Gasteiger partial charge in [-0.1, -0.05) is 158 Å². The van der Waals surface area contributed by atoms with Crippen LogP contribution in [0.2, 0.25) is 0 Å². The zero-order valence-corrected chi connectivity index (χ0v) is 27.7. The normalized spacial score (nSPS) is 12.3. The predicted molar refractivity (Wildman–Crippen MR) is 210 cm³/mol. The lowest BCUT2D eigenvalue weighted by molar-refractivity contribution is 1.06. The molecule has 3 heteroatoms. The standard InChI is InChI=1S/C47H35N3/c1-48-46(40-23-11-20-36(29-40)34-15-4-2-5-16-34)50-47(41-24-12-21-37(30-41)35-17-6-3-7-18-35)49-32-33-14-10-22-38(28-33)43-26-13-27-44-42-25-9-8-19-39(42)31-45(43)44/h2-30H,1,31-32H2. The highest BCUT2D eigenvalue weighted by molar-refractivity contribution is 6.13. The Morgan fingerprint density at radius 1 is 0.460 bits per heavy atom. The molecule has 0 unspecified atom stereocenters. The molecule has 0 atom stereocenters. The Balaban J connectivity index is 1.18. The minimum atomic E-state index is 0.464. The number of amidine groups is 2. The summed E-state index contributed by atoms with van der Waals surface area (Å²) in [5.41, 5.74) is 15.3. The lowest BCUT2D eigenvalue weighted by Crippen LogP contribution is -2.06. The SMILES string of the molecule is C=NC(=NC(=NCc1cccc(-c2cccc3c2Cc2ccccc2-3)c1)c1cccc(-c2ccccc2)c1)c1cccc(-c2ccccc2)c1. The summed E-state index contributed by atoms with van der Waals surface area (Å²) in [4.78, 5) is 14.7. The Hall–Kier alpha value is -6.45. The van der Waals surface area contributed by atoms with Crippen molar-refractivity contribution in [3.63, 3.8) is 0 Å². The topological polar surface area (TPSA) is 37.1 Å². The molecule has 0 spiro atoms. The molecule has 0 amide bonds. The first-order valence-corrected chi connectivity index (χ1v) is 16.9. The maximum atomic E-state index is 5.17. The van der Waals surface area contributed by atoms with Crippen molar-refractivity contribution in [3.8, 4) is 44.5 Å². The second-order valence-corrected chi connectivity index (χ2v) is 12.5. The average molecular weight is 642 g/mol. The van der Waals surface area contributed by atoms with Gasteiger partial charge in [0.1, 0.15) is 0 Å². The number of rotatable bonds is 7. The highest BCUT2D eigenvalue weighted by Gasteiger charge is 2.21. The smallest absolute Gasteiger partial charge is 0.161 e. The van der Waals surface area contributed by atoms with Crippen molar-refractivity contribution in [1.82, 2.24) is 0 Å². The molecule has 0 radical (unpaired) electrons. The Morgan fingerprint density at radius 2 is 1.00 bits per heavy atom. The average Bonchev–Trinajstić information content (AvgIpc) is 3.58. The molecule has 0 bridgehead atoms. The van der Waals surface area contributed by atoms with Crippen LogP contribution in [0.25, 0.3) is 44.5 Å². The lowest BCUT2D eigenvalue weighted by Gasteiger charge is -2.11. The predicted octanol–water partition coefficient (Wildman–Crippen LogP) is 11.4. The van der Waals surface area contributed by atoms with Crippen LogP contribution >= 0.6 is 0 Å². The Kier molecular flexibility index (Phi) is 8.61. The van der Waals surface area contributed by atoms with E-state index in [-0.39, 0.29) is 0 Å². The molecule has 1 aliphatic rings. The van der Waals surface area contributed by atoms with Crippen LogP contribution in [0.1, 0.15) is 27.8 Å². The van der Waals surface area contributed by atoms with Crippen LogP contribution in [0.3, 0.4) is 0 Å². The minimum absolute atomic E-state index is 0.464. The fourth-order valence-electron chi connectivity index (χ4n) is 6.85. The molecule has 238 valence electrons. The van der Waals surface area contributed by atoms with Crippen molar-refractivity contribution in [3.05, 3.63) is 204 Å². The molecule has 0 N–H and O–H groups in total. The first kappa shape index (κ1) is 30.9. The molecule has 0 heterocycles. The summed E-state index contributed by atoms with van der Waals surface area (Å²) in [7, 11) is 0. The van der Waals surface area contributed by atoms with Gasteiger partial charge in [0, 0.05) is 11.1 Å². The number of aliphatic imine (C=N–C) groups is 3. The van der Waals surface area contributed by atoms with Crippen LogP contribution < -0.4 is 0 Å². The molecule has 3 nitrogen and oxygen atoms in total. The largest absolute Gasteiger partial charge is 0.261 e. The summed E-state index contributed by atoms with van der Waals surface area (Å²) in [6, 6.07) is 61.5. The Morgan fingerprint density at radius 3 is 1.70 bits per heavy atom. The molecule has 7 aromatic carbocycles. The van der Waals surface area contributed by atoms with E-state index in [2.05, 4.69) is 151 Å². The van der Waals surface area contributed by atoms with Crippen LogP contribution in [0.15, 0.2) is 191 Å². The van der Waals surface area contributed by atoms with Crippen molar-refractivity contribution in [2.24, 2.45) is 15.0 Å². The summed E-state index contributed by atoms with van der Waals surface area (Å²) in [5, 5.41) is 0. The van der Waals surface area contributed by atoms with E-state index >= 15 is 0 Å². The number of benzene rings is 7. The monoisotopic (exact) mass is 641 g/mol. The maximum absolute atomic E-state index is 5.17. The number of hydrogen-bond acceptors (Lipinski definition) is 1. The fourth-order valence-corrected chi connectivity index (χ4v) is 6.85. The van der Waals surface area contributed by atoms with Crippen molar-refractivity contribution >= 4 is 18.4 Å². The molecule has 50 heavy (non-hydrogen) atoms. The molecule has 1 aliphatic carbocycles. The van der Waals surface area contributed by atoms with Crippen LogP contribution in [-0.4, -0.2) is 18.4 Å². The lowest BCUT2D eigenvalue weighted by atomic mass is 9.95. The summed E-state index contributed by atoms with van der Waals surface area (Å²) in [6.07, 6.45) is 0.948. The van der Waals surface area contributed by atoms with Crippen LogP contribution in [0, 0.1) is 0 Å². The second kappa shape index (κ2) is 14.0. The van der Waals surface area contributed by atoms with E-state index in [1.165, 1.54) is 33.4 Å². The highest BCUT2D eigenvalue weighted by Crippen LogP contribution is 2.41. The van der Waals surface area contributed by atoms with Crippen molar-refractivity contribution in [2.45, 2.75) is 13.0 Å². The van der Waals surface area contributed by atoms with Gasteiger partial charge in [0.15, 0.2) is 11.7 Å². The first-order chi connectivity index (χ1) is 24.7. The first-order valence-electron chi connectivity index (χ1n) is 16.9. The molecular weight excluding hydrogens is 607 g/mol. The fraction of sp³-hybridized carbons (Fsp3) is 0.0426. The van der Waals surface area contributed by atoms with Crippen LogP contribution in [0.5, 0.6) is 0 Å². The molecule has 8 rings (SSSR count). The zero-order chi connectivity index (χ0) is 33.7. The molecular formula is C47H35N3. The maximum Gasteiger partial charge on any atom is 0.161 e. The third-order valence-electron chi connectivity index (χ3n) is 9.32. The van der Waals surface area contributed by atoms with Gasteiger partial charge in [0.25, 0.3) is 0 Å². The van der Waals surface area contributed by atoms with Gasteiger partial charge < -0.3 is 0 Å².